The molecule has 0 amide bonds. The third-order valence-electron chi connectivity index (χ3n) is 3.87. The van der Waals surface area contributed by atoms with E-state index in [1.54, 1.807) is 4.88 Å². The fraction of sp³-hybridized carbons (Fsp3) is 0.812. The molecule has 0 spiro atoms. The number of anilines is 1. The van der Waals surface area contributed by atoms with Crippen LogP contribution >= 0.6 is 11.3 Å². The zero-order valence-electron chi connectivity index (χ0n) is 12.3. The molecule has 0 radical (unpaired) electrons. The van der Waals surface area contributed by atoms with Crippen molar-refractivity contribution in [2.45, 2.75) is 77.6 Å². The number of thiazole rings is 1. The molecule has 1 N–H and O–H groups in total. The Morgan fingerprint density at radius 2 is 1.58 bits per heavy atom. The predicted octanol–water partition coefficient (Wildman–Crippen LogP) is 5.18. The Morgan fingerprint density at radius 3 is 2.26 bits per heavy atom. The van der Waals surface area contributed by atoms with Gasteiger partial charge in [0.15, 0.2) is 5.13 Å². The maximum Gasteiger partial charge on any atom is 0.183 e. The van der Waals surface area contributed by atoms with Gasteiger partial charge in [-0.05, 0) is 32.1 Å². The smallest absolute Gasteiger partial charge is 0.183 e. The quantitative estimate of drug-likeness (QED) is 0.824. The number of nitrogens with one attached hydrogen (secondary N) is 1. The zero-order chi connectivity index (χ0) is 13.3. The monoisotopic (exact) mass is 280 g/mol. The molecule has 0 fully saturated rings. The molecule has 1 aliphatic carbocycles. The molecule has 1 aromatic heterocycles. The molecule has 108 valence electrons. The van der Waals surface area contributed by atoms with E-state index in [-0.39, 0.29) is 0 Å². The summed E-state index contributed by atoms with van der Waals surface area (Å²) in [4.78, 5) is 6.38. The Labute approximate surface area is 122 Å². The number of fused-ring (bicyclic) bond motifs is 1. The molecule has 2 nitrogen and oxygen atoms in total. The average molecular weight is 280 g/mol. The molecule has 0 aliphatic heterocycles. The lowest BCUT2D eigenvalue weighted by molar-refractivity contribution is 0.559. The third kappa shape index (κ3) is 5.13. The zero-order valence-corrected chi connectivity index (χ0v) is 13.2. The van der Waals surface area contributed by atoms with Gasteiger partial charge < -0.3 is 5.32 Å². The van der Waals surface area contributed by atoms with Crippen molar-refractivity contribution in [3.05, 3.63) is 10.6 Å². The molecule has 0 saturated carbocycles. The van der Waals surface area contributed by atoms with Crippen molar-refractivity contribution in [3.8, 4) is 0 Å². The number of rotatable bonds is 3. The molecule has 1 heterocycles. The van der Waals surface area contributed by atoms with Gasteiger partial charge in [0.25, 0.3) is 0 Å². The number of aryl methyl sites for hydroxylation is 2. The highest BCUT2D eigenvalue weighted by molar-refractivity contribution is 7.15. The van der Waals surface area contributed by atoms with Gasteiger partial charge in [-0.2, -0.15) is 0 Å². The van der Waals surface area contributed by atoms with Gasteiger partial charge in [0.05, 0.1) is 5.69 Å². The Bertz CT molecular complexity index is 330. The highest BCUT2D eigenvalue weighted by Crippen LogP contribution is 2.27. The first-order valence-electron chi connectivity index (χ1n) is 8.12. The largest absolute Gasteiger partial charge is 0.362 e. The van der Waals surface area contributed by atoms with Crippen LogP contribution in [0.5, 0.6) is 0 Å². The molecular formula is C16H28N2S. The second-order valence-electron chi connectivity index (χ2n) is 5.64. The van der Waals surface area contributed by atoms with E-state index < -0.39 is 0 Å². The lowest BCUT2D eigenvalue weighted by atomic mass is 10.0. The number of hydrogen-bond acceptors (Lipinski definition) is 3. The van der Waals surface area contributed by atoms with Crippen LogP contribution in [0.25, 0.3) is 0 Å². The second kappa shape index (κ2) is 8.57. The van der Waals surface area contributed by atoms with Crippen molar-refractivity contribution in [2.75, 3.05) is 11.9 Å². The van der Waals surface area contributed by atoms with Crippen molar-refractivity contribution in [1.82, 2.24) is 4.98 Å². The second-order valence-corrected chi connectivity index (χ2v) is 6.73. The van der Waals surface area contributed by atoms with Crippen LogP contribution in [0.15, 0.2) is 0 Å². The fourth-order valence-corrected chi connectivity index (χ4v) is 3.80. The summed E-state index contributed by atoms with van der Waals surface area (Å²) in [5.74, 6) is 0. The van der Waals surface area contributed by atoms with Gasteiger partial charge in [0.1, 0.15) is 0 Å². The molecule has 19 heavy (non-hydrogen) atoms. The standard InChI is InChI=1S/C16H28N2S/c1-2-13-17-16-18-14-11-9-7-5-3-4-6-8-10-12-15(14)19-16/h2-13H2,1H3,(H,17,18). The van der Waals surface area contributed by atoms with Crippen LogP contribution in [0.4, 0.5) is 5.13 Å². The van der Waals surface area contributed by atoms with Crippen LogP contribution in [-0.2, 0) is 12.8 Å². The normalized spacial score (nSPS) is 18.2. The van der Waals surface area contributed by atoms with Crippen LogP contribution in [0.2, 0.25) is 0 Å². The Hall–Kier alpha value is -0.570. The molecule has 1 aromatic rings. The van der Waals surface area contributed by atoms with Gasteiger partial charge >= 0.3 is 0 Å². The van der Waals surface area contributed by atoms with E-state index in [2.05, 4.69) is 12.2 Å². The van der Waals surface area contributed by atoms with E-state index in [0.717, 1.165) is 11.7 Å². The van der Waals surface area contributed by atoms with E-state index in [9.17, 15) is 0 Å². The first-order chi connectivity index (χ1) is 9.40. The van der Waals surface area contributed by atoms with E-state index in [1.165, 1.54) is 76.3 Å². The maximum absolute atomic E-state index is 4.82. The van der Waals surface area contributed by atoms with E-state index in [1.807, 2.05) is 11.3 Å². The minimum absolute atomic E-state index is 1.05. The summed E-state index contributed by atoms with van der Waals surface area (Å²) in [6, 6.07) is 0. The van der Waals surface area contributed by atoms with Gasteiger partial charge in [0.2, 0.25) is 0 Å². The molecule has 0 saturated heterocycles. The molecule has 3 heteroatoms. The molecular weight excluding hydrogens is 252 g/mol. The maximum atomic E-state index is 4.82. The first kappa shape index (κ1) is 14.8. The van der Waals surface area contributed by atoms with Crippen molar-refractivity contribution in [3.63, 3.8) is 0 Å². The minimum atomic E-state index is 1.05. The molecule has 2 rings (SSSR count). The summed E-state index contributed by atoms with van der Waals surface area (Å²) < 4.78 is 0. The Kier molecular flexibility index (Phi) is 6.69. The molecule has 0 atom stereocenters. The van der Waals surface area contributed by atoms with Crippen molar-refractivity contribution >= 4 is 16.5 Å². The Balaban J connectivity index is 1.98. The average Bonchev–Trinajstić information content (AvgIpc) is 2.79. The minimum Gasteiger partial charge on any atom is -0.362 e. The number of hydrogen-bond donors (Lipinski definition) is 1. The lowest BCUT2D eigenvalue weighted by Gasteiger charge is -2.06. The van der Waals surface area contributed by atoms with E-state index in [4.69, 9.17) is 4.98 Å². The van der Waals surface area contributed by atoms with Crippen molar-refractivity contribution in [1.29, 1.82) is 0 Å². The predicted molar refractivity (Wildman–Crippen MR) is 85.2 cm³/mol. The van der Waals surface area contributed by atoms with Crippen molar-refractivity contribution < 1.29 is 0 Å². The summed E-state index contributed by atoms with van der Waals surface area (Å²) in [6.45, 7) is 3.25. The number of nitrogens with zero attached hydrogens (tertiary/aromatic N) is 1. The molecule has 0 aromatic carbocycles. The summed E-state index contributed by atoms with van der Waals surface area (Å²) >= 11 is 1.90. The molecule has 0 unspecified atom stereocenters. The van der Waals surface area contributed by atoms with Crippen LogP contribution in [0.3, 0.4) is 0 Å². The van der Waals surface area contributed by atoms with Gasteiger partial charge in [-0.15, -0.1) is 11.3 Å². The van der Waals surface area contributed by atoms with Crippen LogP contribution < -0.4 is 5.32 Å². The SMILES string of the molecule is CCCNc1nc2c(s1)CCCCCCCCCC2. The topological polar surface area (TPSA) is 24.9 Å². The van der Waals surface area contributed by atoms with Gasteiger partial charge in [-0.1, -0.05) is 45.4 Å². The van der Waals surface area contributed by atoms with Gasteiger partial charge in [-0.3, -0.25) is 0 Å². The van der Waals surface area contributed by atoms with E-state index >= 15 is 0 Å². The summed E-state index contributed by atoms with van der Waals surface area (Å²) in [5, 5.41) is 4.61. The molecule has 1 aliphatic rings. The third-order valence-corrected chi connectivity index (χ3v) is 4.99. The Morgan fingerprint density at radius 1 is 0.947 bits per heavy atom. The van der Waals surface area contributed by atoms with E-state index in [0.29, 0.717) is 0 Å². The number of aromatic nitrogens is 1. The van der Waals surface area contributed by atoms with Crippen LogP contribution in [0, 0.1) is 0 Å². The van der Waals surface area contributed by atoms with Gasteiger partial charge in [0, 0.05) is 11.4 Å². The van der Waals surface area contributed by atoms with Crippen LogP contribution in [-0.4, -0.2) is 11.5 Å². The van der Waals surface area contributed by atoms with Gasteiger partial charge in [-0.25, -0.2) is 4.98 Å². The summed E-state index contributed by atoms with van der Waals surface area (Å²) in [7, 11) is 0. The van der Waals surface area contributed by atoms with Crippen LogP contribution in [0.1, 0.15) is 75.3 Å². The fourth-order valence-electron chi connectivity index (χ4n) is 2.72. The van der Waals surface area contributed by atoms with Crippen molar-refractivity contribution in [2.24, 2.45) is 0 Å². The lowest BCUT2D eigenvalue weighted by Crippen LogP contribution is -1.99. The highest BCUT2D eigenvalue weighted by atomic mass is 32.1. The first-order valence-corrected chi connectivity index (χ1v) is 8.94. The summed E-state index contributed by atoms with van der Waals surface area (Å²) in [5.41, 5.74) is 1.39. The highest BCUT2D eigenvalue weighted by Gasteiger charge is 2.11. The summed E-state index contributed by atoms with van der Waals surface area (Å²) in [6.07, 6.45) is 14.8. The molecule has 0 bridgehead atoms.